The molecule has 0 atom stereocenters. The van der Waals surface area contributed by atoms with Gasteiger partial charge in [-0.05, 0) is 49.2 Å². The van der Waals surface area contributed by atoms with Crippen LogP contribution in [0.25, 0.3) is 22.5 Å². The van der Waals surface area contributed by atoms with Crippen LogP contribution in [0.2, 0.25) is 0 Å². The number of carbonyl (C=O) groups is 1. The number of rotatable bonds is 4. The topological polar surface area (TPSA) is 68.8 Å². The second-order valence-corrected chi connectivity index (χ2v) is 8.33. The molecule has 2 aromatic heterocycles. The molecular formula is C25H25FN6O. The number of benzene rings is 2. The zero-order valence-corrected chi connectivity index (χ0v) is 18.7. The van der Waals surface area contributed by atoms with Gasteiger partial charge in [0.25, 0.3) is 0 Å². The number of aryl methyl sites for hydroxylation is 2. The largest absolute Gasteiger partial charge is 0.339 e. The second-order valence-electron chi connectivity index (χ2n) is 8.33. The number of halogens is 1. The molecule has 5 rings (SSSR count). The standard InChI is InChI=1S/C25H25FN6O/c1-17-14-20(8-9-21(17)26)22-15-23(19-6-4-3-5-7-19)32(29-22)16-25(33)30-11-10-24-27-18(2)28-31(24)13-12-30/h3-9,14-15H,10-13,16H2,1-2H3. The highest BCUT2D eigenvalue weighted by Crippen LogP contribution is 2.27. The minimum atomic E-state index is -0.248. The van der Waals surface area contributed by atoms with E-state index in [0.29, 0.717) is 37.3 Å². The molecule has 2 aromatic carbocycles. The molecular weight excluding hydrogens is 419 g/mol. The normalized spacial score (nSPS) is 13.6. The van der Waals surface area contributed by atoms with Gasteiger partial charge in [-0.2, -0.15) is 10.2 Å². The van der Waals surface area contributed by atoms with E-state index >= 15 is 0 Å². The van der Waals surface area contributed by atoms with Crippen LogP contribution >= 0.6 is 0 Å². The van der Waals surface area contributed by atoms with Gasteiger partial charge in [0.1, 0.15) is 24.0 Å². The summed E-state index contributed by atoms with van der Waals surface area (Å²) in [5, 5.41) is 9.16. The molecule has 1 aliphatic heterocycles. The van der Waals surface area contributed by atoms with Gasteiger partial charge in [0.2, 0.25) is 5.91 Å². The molecule has 0 radical (unpaired) electrons. The Morgan fingerprint density at radius 1 is 0.970 bits per heavy atom. The summed E-state index contributed by atoms with van der Waals surface area (Å²) in [5.41, 5.74) is 3.91. The summed E-state index contributed by atoms with van der Waals surface area (Å²) in [5.74, 6) is 1.43. The highest BCUT2D eigenvalue weighted by Gasteiger charge is 2.22. The summed E-state index contributed by atoms with van der Waals surface area (Å²) >= 11 is 0. The minimum absolute atomic E-state index is 0.000377. The first kappa shape index (κ1) is 21.1. The van der Waals surface area contributed by atoms with E-state index in [1.807, 2.05) is 52.9 Å². The van der Waals surface area contributed by atoms with Gasteiger partial charge in [0.05, 0.1) is 17.9 Å². The number of hydrogen-bond donors (Lipinski definition) is 0. The van der Waals surface area contributed by atoms with Crippen LogP contribution in [0.5, 0.6) is 0 Å². The molecule has 0 saturated heterocycles. The molecule has 0 bridgehead atoms. The number of nitrogens with zero attached hydrogens (tertiary/aromatic N) is 6. The van der Waals surface area contributed by atoms with E-state index in [0.717, 1.165) is 28.5 Å². The van der Waals surface area contributed by atoms with Crippen LogP contribution in [0, 0.1) is 19.7 Å². The average Bonchev–Trinajstić information content (AvgIpc) is 3.33. The summed E-state index contributed by atoms with van der Waals surface area (Å²) in [6.45, 7) is 5.56. The van der Waals surface area contributed by atoms with Crippen LogP contribution < -0.4 is 0 Å². The van der Waals surface area contributed by atoms with Crippen LogP contribution in [0.3, 0.4) is 0 Å². The Balaban J connectivity index is 1.42. The van der Waals surface area contributed by atoms with E-state index in [2.05, 4.69) is 10.1 Å². The molecule has 1 amide bonds. The number of hydrogen-bond acceptors (Lipinski definition) is 4. The number of fused-ring (bicyclic) bond motifs is 1. The third-order valence-corrected chi connectivity index (χ3v) is 5.98. The summed E-state index contributed by atoms with van der Waals surface area (Å²) in [7, 11) is 0. The summed E-state index contributed by atoms with van der Waals surface area (Å²) < 4.78 is 17.4. The van der Waals surface area contributed by atoms with Gasteiger partial charge >= 0.3 is 0 Å². The van der Waals surface area contributed by atoms with E-state index in [4.69, 9.17) is 5.10 Å². The molecule has 0 fully saturated rings. The lowest BCUT2D eigenvalue weighted by Gasteiger charge is -2.20. The van der Waals surface area contributed by atoms with Crippen molar-refractivity contribution < 1.29 is 9.18 Å². The Kier molecular flexibility index (Phi) is 5.50. The van der Waals surface area contributed by atoms with Crippen LogP contribution in [0.15, 0.2) is 54.6 Å². The fraction of sp³-hybridized carbons (Fsp3) is 0.280. The van der Waals surface area contributed by atoms with Crippen LogP contribution in [-0.4, -0.2) is 48.4 Å². The zero-order chi connectivity index (χ0) is 22.9. The molecule has 168 valence electrons. The maximum Gasteiger partial charge on any atom is 0.244 e. The predicted molar refractivity (Wildman–Crippen MR) is 123 cm³/mol. The molecule has 8 heteroatoms. The minimum Gasteiger partial charge on any atom is -0.339 e. The molecule has 4 aromatic rings. The second kappa shape index (κ2) is 8.61. The fourth-order valence-electron chi connectivity index (χ4n) is 4.23. The molecule has 3 heterocycles. The Hall–Kier alpha value is -3.81. The summed E-state index contributed by atoms with van der Waals surface area (Å²) in [6, 6.07) is 16.8. The maximum absolute atomic E-state index is 13.8. The molecule has 0 saturated carbocycles. The lowest BCUT2D eigenvalue weighted by molar-refractivity contribution is -0.132. The van der Waals surface area contributed by atoms with Gasteiger partial charge in [0, 0.05) is 25.1 Å². The third-order valence-electron chi connectivity index (χ3n) is 5.98. The highest BCUT2D eigenvalue weighted by molar-refractivity contribution is 5.78. The molecule has 0 spiro atoms. The first-order valence-corrected chi connectivity index (χ1v) is 11.1. The fourth-order valence-corrected chi connectivity index (χ4v) is 4.23. The van der Waals surface area contributed by atoms with Crippen molar-refractivity contribution in [2.24, 2.45) is 0 Å². The highest BCUT2D eigenvalue weighted by atomic mass is 19.1. The van der Waals surface area contributed by atoms with Crippen molar-refractivity contribution in [3.63, 3.8) is 0 Å². The Morgan fingerprint density at radius 2 is 1.79 bits per heavy atom. The van der Waals surface area contributed by atoms with Crippen molar-refractivity contribution in [1.29, 1.82) is 0 Å². The van der Waals surface area contributed by atoms with Crippen molar-refractivity contribution >= 4 is 5.91 Å². The third kappa shape index (κ3) is 4.28. The quantitative estimate of drug-likeness (QED) is 0.482. The van der Waals surface area contributed by atoms with Crippen LogP contribution in [-0.2, 0) is 24.3 Å². The van der Waals surface area contributed by atoms with Gasteiger partial charge in [-0.3, -0.25) is 9.48 Å². The smallest absolute Gasteiger partial charge is 0.244 e. The number of aromatic nitrogens is 5. The molecule has 0 aliphatic carbocycles. The van der Waals surface area contributed by atoms with Gasteiger partial charge in [-0.1, -0.05) is 30.3 Å². The van der Waals surface area contributed by atoms with E-state index in [1.165, 1.54) is 6.07 Å². The van der Waals surface area contributed by atoms with Crippen LogP contribution in [0.4, 0.5) is 4.39 Å². The van der Waals surface area contributed by atoms with Gasteiger partial charge in [0.15, 0.2) is 0 Å². The first-order chi connectivity index (χ1) is 16.0. The summed E-state index contributed by atoms with van der Waals surface area (Å²) in [4.78, 5) is 19.6. The number of carbonyl (C=O) groups excluding carboxylic acids is 1. The molecule has 0 N–H and O–H groups in total. The van der Waals surface area contributed by atoms with E-state index in [-0.39, 0.29) is 18.3 Å². The lowest BCUT2D eigenvalue weighted by atomic mass is 10.1. The first-order valence-electron chi connectivity index (χ1n) is 11.1. The zero-order valence-electron chi connectivity index (χ0n) is 18.7. The van der Waals surface area contributed by atoms with Gasteiger partial charge in [-0.15, -0.1) is 0 Å². The van der Waals surface area contributed by atoms with Crippen molar-refractivity contribution in [3.8, 4) is 22.5 Å². The molecule has 0 unspecified atom stereocenters. The van der Waals surface area contributed by atoms with E-state index in [9.17, 15) is 9.18 Å². The van der Waals surface area contributed by atoms with Gasteiger partial charge in [-0.25, -0.2) is 14.1 Å². The van der Waals surface area contributed by atoms with Crippen LogP contribution in [0.1, 0.15) is 17.2 Å². The van der Waals surface area contributed by atoms with E-state index in [1.54, 1.807) is 23.7 Å². The Bertz CT molecular complexity index is 1280. The lowest BCUT2D eigenvalue weighted by Crippen LogP contribution is -2.36. The molecule has 7 nitrogen and oxygen atoms in total. The van der Waals surface area contributed by atoms with Crippen molar-refractivity contribution in [2.45, 2.75) is 33.4 Å². The summed E-state index contributed by atoms with van der Waals surface area (Å²) in [6.07, 6.45) is 0.678. The maximum atomic E-state index is 13.8. The Morgan fingerprint density at radius 3 is 2.58 bits per heavy atom. The SMILES string of the molecule is Cc1nc2n(n1)CCN(C(=O)Cn1nc(-c3ccc(F)c(C)c3)cc1-c1ccccc1)CC2. The number of amides is 1. The predicted octanol–water partition coefficient (Wildman–Crippen LogP) is 3.65. The average molecular weight is 445 g/mol. The van der Waals surface area contributed by atoms with E-state index < -0.39 is 0 Å². The van der Waals surface area contributed by atoms with Crippen molar-refractivity contribution in [3.05, 3.63) is 77.6 Å². The monoisotopic (exact) mass is 444 g/mol. The van der Waals surface area contributed by atoms with Gasteiger partial charge < -0.3 is 4.90 Å². The van der Waals surface area contributed by atoms with Crippen molar-refractivity contribution in [2.75, 3.05) is 13.1 Å². The Labute approximate surface area is 191 Å². The van der Waals surface area contributed by atoms with Crippen molar-refractivity contribution in [1.82, 2.24) is 29.4 Å². The molecule has 33 heavy (non-hydrogen) atoms. The molecule has 1 aliphatic rings.